The molecule has 15 heavy (non-hydrogen) atoms. The van der Waals surface area contributed by atoms with Crippen molar-refractivity contribution in [3.05, 3.63) is 22.4 Å². The molecule has 0 aliphatic heterocycles. The number of hydrogen-bond donors (Lipinski definition) is 1. The van der Waals surface area contributed by atoms with Crippen molar-refractivity contribution in [3.8, 4) is 0 Å². The van der Waals surface area contributed by atoms with E-state index in [1.165, 1.54) is 37.0 Å². The van der Waals surface area contributed by atoms with Gasteiger partial charge in [0.2, 0.25) is 0 Å². The van der Waals surface area contributed by atoms with Gasteiger partial charge in [-0.25, -0.2) is 0 Å². The Balaban J connectivity index is 2.03. The summed E-state index contributed by atoms with van der Waals surface area (Å²) in [5.74, 6) is 0.209. The molecule has 0 unspecified atom stereocenters. The van der Waals surface area contributed by atoms with Crippen molar-refractivity contribution in [2.24, 2.45) is 0 Å². The second-order valence-electron chi connectivity index (χ2n) is 3.64. The zero-order chi connectivity index (χ0) is 10.9. The molecule has 0 atom stereocenters. The number of nitrogens with one attached hydrogen (secondary N) is 1. The third kappa shape index (κ3) is 5.09. The van der Waals surface area contributed by atoms with Crippen LogP contribution in [0.5, 0.6) is 0 Å². The summed E-state index contributed by atoms with van der Waals surface area (Å²) in [6.07, 6.45) is 4.98. The highest BCUT2D eigenvalue weighted by Crippen LogP contribution is 2.08. The van der Waals surface area contributed by atoms with Crippen LogP contribution in [0.2, 0.25) is 0 Å². The van der Waals surface area contributed by atoms with Crippen molar-refractivity contribution in [3.63, 3.8) is 0 Å². The van der Waals surface area contributed by atoms with Crippen molar-refractivity contribution >= 4 is 17.1 Å². The Bertz CT molecular complexity index is 269. The summed E-state index contributed by atoms with van der Waals surface area (Å²) >= 11 is 1.51. The molecular weight excluding hydrogens is 206 g/mol. The highest BCUT2D eigenvalue weighted by atomic mass is 32.1. The maximum absolute atomic E-state index is 11.5. The summed E-state index contributed by atoms with van der Waals surface area (Å²) in [5, 5.41) is 5.13. The molecule has 3 heteroatoms. The van der Waals surface area contributed by atoms with Gasteiger partial charge in [-0.3, -0.25) is 4.79 Å². The molecule has 0 fully saturated rings. The lowest BCUT2D eigenvalue weighted by molar-refractivity contribution is 0.0995. The molecule has 0 aliphatic carbocycles. The Labute approximate surface area is 95.7 Å². The predicted molar refractivity (Wildman–Crippen MR) is 65.7 cm³/mol. The first-order valence-corrected chi connectivity index (χ1v) is 6.50. The van der Waals surface area contributed by atoms with Crippen molar-refractivity contribution in [1.82, 2.24) is 5.32 Å². The van der Waals surface area contributed by atoms with Crippen LogP contribution in [-0.2, 0) is 0 Å². The minimum absolute atomic E-state index is 0.209. The summed E-state index contributed by atoms with van der Waals surface area (Å²) in [7, 11) is 0. The lowest BCUT2D eigenvalue weighted by Crippen LogP contribution is -2.23. The smallest absolute Gasteiger partial charge is 0.186 e. The number of Topliss-reactive ketones (excluding diaryl/α,β-unsaturated/α-hetero) is 1. The van der Waals surface area contributed by atoms with Crippen LogP contribution in [0.4, 0.5) is 0 Å². The third-order valence-electron chi connectivity index (χ3n) is 2.29. The van der Waals surface area contributed by atoms with E-state index in [9.17, 15) is 4.79 Å². The molecule has 0 saturated carbocycles. The van der Waals surface area contributed by atoms with Gasteiger partial charge in [0.05, 0.1) is 11.4 Å². The lowest BCUT2D eigenvalue weighted by Gasteiger charge is -2.02. The SMILES string of the molecule is CCCCCCNCC(=O)c1cccs1. The summed E-state index contributed by atoms with van der Waals surface area (Å²) in [6, 6.07) is 3.80. The molecule has 0 amide bonds. The van der Waals surface area contributed by atoms with E-state index in [2.05, 4.69) is 12.2 Å². The Kier molecular flexibility index (Phi) is 6.28. The fourth-order valence-corrected chi connectivity index (χ4v) is 2.07. The monoisotopic (exact) mass is 225 g/mol. The van der Waals surface area contributed by atoms with Gasteiger partial charge in [-0.05, 0) is 24.4 Å². The zero-order valence-corrected chi connectivity index (χ0v) is 10.1. The average Bonchev–Trinajstić information content (AvgIpc) is 2.76. The van der Waals surface area contributed by atoms with Crippen molar-refractivity contribution in [1.29, 1.82) is 0 Å². The second kappa shape index (κ2) is 7.60. The van der Waals surface area contributed by atoms with Gasteiger partial charge in [-0.15, -0.1) is 11.3 Å². The number of carbonyl (C=O) groups excluding carboxylic acids is 1. The van der Waals surface area contributed by atoms with Crippen molar-refractivity contribution in [2.75, 3.05) is 13.1 Å². The molecule has 0 radical (unpaired) electrons. The van der Waals surface area contributed by atoms with Crippen LogP contribution in [-0.4, -0.2) is 18.9 Å². The molecule has 0 spiro atoms. The van der Waals surface area contributed by atoms with Crippen LogP contribution in [0.1, 0.15) is 42.3 Å². The van der Waals surface area contributed by atoms with Crippen LogP contribution in [0.15, 0.2) is 17.5 Å². The van der Waals surface area contributed by atoms with E-state index in [0.717, 1.165) is 11.4 Å². The topological polar surface area (TPSA) is 29.1 Å². The molecular formula is C12H19NOS. The van der Waals surface area contributed by atoms with Gasteiger partial charge in [0.1, 0.15) is 0 Å². The molecule has 1 aromatic rings. The van der Waals surface area contributed by atoms with E-state index >= 15 is 0 Å². The predicted octanol–water partition coefficient (Wildman–Crippen LogP) is 3.10. The summed E-state index contributed by atoms with van der Waals surface area (Å²) in [6.45, 7) is 3.64. The van der Waals surface area contributed by atoms with Crippen molar-refractivity contribution < 1.29 is 4.79 Å². The first kappa shape index (κ1) is 12.4. The third-order valence-corrected chi connectivity index (χ3v) is 3.20. The summed E-state index contributed by atoms with van der Waals surface area (Å²) in [5.41, 5.74) is 0. The second-order valence-corrected chi connectivity index (χ2v) is 4.59. The van der Waals surface area contributed by atoms with E-state index in [1.54, 1.807) is 0 Å². The van der Waals surface area contributed by atoms with Crippen LogP contribution in [0, 0.1) is 0 Å². The van der Waals surface area contributed by atoms with Crippen LogP contribution in [0.3, 0.4) is 0 Å². The Morgan fingerprint density at radius 2 is 2.27 bits per heavy atom. The summed E-state index contributed by atoms with van der Waals surface area (Å²) in [4.78, 5) is 12.4. The van der Waals surface area contributed by atoms with E-state index in [-0.39, 0.29) is 5.78 Å². The van der Waals surface area contributed by atoms with Gasteiger partial charge in [0.15, 0.2) is 5.78 Å². The molecule has 1 N–H and O–H groups in total. The molecule has 0 saturated heterocycles. The number of ketones is 1. The quantitative estimate of drug-likeness (QED) is 0.544. The van der Waals surface area contributed by atoms with Crippen LogP contribution in [0.25, 0.3) is 0 Å². The van der Waals surface area contributed by atoms with Gasteiger partial charge < -0.3 is 5.32 Å². The fraction of sp³-hybridized carbons (Fsp3) is 0.583. The number of thiophene rings is 1. The maximum Gasteiger partial charge on any atom is 0.186 e. The van der Waals surface area contributed by atoms with Gasteiger partial charge >= 0.3 is 0 Å². The minimum atomic E-state index is 0.209. The summed E-state index contributed by atoms with van der Waals surface area (Å²) < 4.78 is 0. The Morgan fingerprint density at radius 1 is 1.40 bits per heavy atom. The molecule has 0 aliphatic rings. The largest absolute Gasteiger partial charge is 0.310 e. The zero-order valence-electron chi connectivity index (χ0n) is 9.29. The molecule has 2 nitrogen and oxygen atoms in total. The minimum Gasteiger partial charge on any atom is -0.310 e. The number of carbonyl (C=O) groups is 1. The van der Waals surface area contributed by atoms with E-state index in [0.29, 0.717) is 6.54 Å². The molecule has 1 heterocycles. The average molecular weight is 225 g/mol. The lowest BCUT2D eigenvalue weighted by atomic mass is 10.2. The standard InChI is InChI=1S/C12H19NOS/c1-2-3-4-5-8-13-10-11(14)12-7-6-9-15-12/h6-7,9,13H,2-5,8,10H2,1H3. The van der Waals surface area contributed by atoms with Gasteiger partial charge in [-0.2, -0.15) is 0 Å². The first-order chi connectivity index (χ1) is 7.34. The van der Waals surface area contributed by atoms with Crippen molar-refractivity contribution in [2.45, 2.75) is 32.6 Å². The molecule has 84 valence electrons. The van der Waals surface area contributed by atoms with Gasteiger partial charge in [0.25, 0.3) is 0 Å². The van der Waals surface area contributed by atoms with Gasteiger partial charge in [-0.1, -0.05) is 32.3 Å². The van der Waals surface area contributed by atoms with E-state index < -0.39 is 0 Å². The number of unbranched alkanes of at least 4 members (excludes halogenated alkanes) is 3. The number of rotatable bonds is 8. The highest BCUT2D eigenvalue weighted by molar-refractivity contribution is 7.12. The molecule has 0 bridgehead atoms. The maximum atomic E-state index is 11.5. The highest BCUT2D eigenvalue weighted by Gasteiger charge is 2.04. The van der Waals surface area contributed by atoms with Crippen LogP contribution < -0.4 is 5.32 Å². The Hall–Kier alpha value is -0.670. The Morgan fingerprint density at radius 3 is 2.93 bits per heavy atom. The van der Waals surface area contributed by atoms with Gasteiger partial charge in [0, 0.05) is 0 Å². The van der Waals surface area contributed by atoms with E-state index in [4.69, 9.17) is 0 Å². The number of hydrogen-bond acceptors (Lipinski definition) is 3. The fourth-order valence-electron chi connectivity index (χ4n) is 1.40. The normalized spacial score (nSPS) is 10.5. The van der Waals surface area contributed by atoms with E-state index in [1.807, 2.05) is 17.5 Å². The molecule has 1 rings (SSSR count). The van der Waals surface area contributed by atoms with Crippen LogP contribution >= 0.6 is 11.3 Å². The first-order valence-electron chi connectivity index (χ1n) is 5.62. The molecule has 1 aromatic heterocycles. The molecule has 0 aromatic carbocycles.